The molecule has 1 aliphatic heterocycles. The maximum absolute atomic E-state index is 5.15. The lowest BCUT2D eigenvalue weighted by Gasteiger charge is -2.61. The average Bonchev–Trinajstić information content (AvgIpc) is 2.27. The van der Waals surface area contributed by atoms with Gasteiger partial charge in [-0.25, -0.2) is 0 Å². The third kappa shape index (κ3) is 1.60. The van der Waals surface area contributed by atoms with Crippen LogP contribution >= 0.6 is 12.2 Å². The van der Waals surface area contributed by atoms with Crippen LogP contribution in [0.4, 0.5) is 0 Å². The molecule has 5 aliphatic rings. The monoisotopic (exact) mass is 251 g/mol. The number of thiocarbonyl (C=S) groups is 1. The SMILES string of the molecule is S=C1NCN(C23CC4CC(CC(C4)C2)C3)CN1. The number of nitrogens with one attached hydrogen (secondary N) is 2. The van der Waals surface area contributed by atoms with Gasteiger partial charge in [0.25, 0.3) is 0 Å². The average molecular weight is 251 g/mol. The maximum Gasteiger partial charge on any atom is 0.168 e. The van der Waals surface area contributed by atoms with E-state index in [-0.39, 0.29) is 0 Å². The van der Waals surface area contributed by atoms with Crippen LogP contribution in [0.25, 0.3) is 0 Å². The van der Waals surface area contributed by atoms with Crippen LogP contribution < -0.4 is 10.6 Å². The smallest absolute Gasteiger partial charge is 0.168 e. The second kappa shape index (κ2) is 3.58. The molecule has 0 radical (unpaired) electrons. The highest BCUT2D eigenvalue weighted by Gasteiger charge is 2.53. The Labute approximate surface area is 108 Å². The van der Waals surface area contributed by atoms with Crippen LogP contribution in [-0.4, -0.2) is 28.9 Å². The number of rotatable bonds is 1. The van der Waals surface area contributed by atoms with Crippen LogP contribution in [0.2, 0.25) is 0 Å². The maximum atomic E-state index is 5.15. The van der Waals surface area contributed by atoms with Gasteiger partial charge in [-0.05, 0) is 68.5 Å². The molecule has 17 heavy (non-hydrogen) atoms. The first-order valence-electron chi connectivity index (χ1n) is 7.00. The van der Waals surface area contributed by atoms with E-state index in [9.17, 15) is 0 Å². The first-order chi connectivity index (χ1) is 8.23. The van der Waals surface area contributed by atoms with Gasteiger partial charge in [0.15, 0.2) is 5.11 Å². The fourth-order valence-corrected chi connectivity index (χ4v) is 5.37. The molecule has 5 fully saturated rings. The summed E-state index contributed by atoms with van der Waals surface area (Å²) in [5.41, 5.74) is 0.505. The Balaban J connectivity index is 1.58. The van der Waals surface area contributed by atoms with Gasteiger partial charge in [-0.15, -0.1) is 0 Å². The highest BCUT2D eigenvalue weighted by molar-refractivity contribution is 7.80. The van der Waals surface area contributed by atoms with Crippen molar-refractivity contribution in [2.75, 3.05) is 13.3 Å². The van der Waals surface area contributed by atoms with Crippen molar-refractivity contribution in [2.24, 2.45) is 17.8 Å². The molecule has 94 valence electrons. The van der Waals surface area contributed by atoms with Crippen molar-refractivity contribution < 1.29 is 0 Å². The van der Waals surface area contributed by atoms with Crippen molar-refractivity contribution in [2.45, 2.75) is 44.1 Å². The van der Waals surface area contributed by atoms with Crippen molar-refractivity contribution in [3.8, 4) is 0 Å². The zero-order valence-electron chi connectivity index (χ0n) is 10.2. The van der Waals surface area contributed by atoms with Crippen molar-refractivity contribution in [3.63, 3.8) is 0 Å². The second-order valence-electron chi connectivity index (χ2n) is 6.68. The molecule has 1 saturated heterocycles. The summed E-state index contributed by atoms with van der Waals surface area (Å²) in [7, 11) is 0. The molecule has 4 bridgehead atoms. The fourth-order valence-electron chi connectivity index (χ4n) is 5.24. The largest absolute Gasteiger partial charge is 0.350 e. The molecule has 0 unspecified atom stereocenters. The summed E-state index contributed by atoms with van der Waals surface area (Å²) < 4.78 is 0. The Morgan fingerprint density at radius 2 is 1.41 bits per heavy atom. The lowest BCUT2D eigenvalue weighted by molar-refractivity contribution is -0.0934. The highest BCUT2D eigenvalue weighted by atomic mass is 32.1. The molecule has 3 nitrogen and oxygen atoms in total. The van der Waals surface area contributed by atoms with Gasteiger partial charge < -0.3 is 10.6 Å². The molecule has 4 saturated carbocycles. The summed E-state index contributed by atoms with van der Waals surface area (Å²) in [5.74, 6) is 3.07. The van der Waals surface area contributed by atoms with Gasteiger partial charge in [0, 0.05) is 5.54 Å². The van der Waals surface area contributed by atoms with E-state index >= 15 is 0 Å². The van der Waals surface area contributed by atoms with Crippen LogP contribution in [0.5, 0.6) is 0 Å². The fraction of sp³-hybridized carbons (Fsp3) is 0.923. The normalized spacial score (nSPS) is 48.9. The number of hydrogen-bond donors (Lipinski definition) is 2. The molecule has 0 atom stereocenters. The van der Waals surface area contributed by atoms with Gasteiger partial charge in [-0.1, -0.05) is 0 Å². The molecule has 2 N–H and O–H groups in total. The molecule has 5 rings (SSSR count). The number of nitrogens with zero attached hydrogens (tertiary/aromatic N) is 1. The van der Waals surface area contributed by atoms with Gasteiger partial charge in [0.05, 0.1) is 13.3 Å². The summed E-state index contributed by atoms with van der Waals surface area (Å²) in [4.78, 5) is 2.63. The highest BCUT2D eigenvalue weighted by Crippen LogP contribution is 2.57. The molecule has 0 spiro atoms. The Hall–Kier alpha value is -0.350. The van der Waals surface area contributed by atoms with Gasteiger partial charge in [0.1, 0.15) is 0 Å². The third-order valence-corrected chi connectivity index (χ3v) is 5.83. The molecular formula is C13H21N3S. The summed E-state index contributed by atoms with van der Waals surface area (Å²) >= 11 is 5.15. The molecule has 0 aromatic heterocycles. The minimum Gasteiger partial charge on any atom is -0.350 e. The summed E-state index contributed by atoms with van der Waals surface area (Å²) in [5, 5.41) is 7.43. The molecule has 0 amide bonds. The van der Waals surface area contributed by atoms with Gasteiger partial charge in [0.2, 0.25) is 0 Å². The molecule has 4 aliphatic carbocycles. The Bertz CT molecular complexity index is 309. The van der Waals surface area contributed by atoms with E-state index in [1.807, 2.05) is 0 Å². The topological polar surface area (TPSA) is 27.3 Å². The molecule has 0 aromatic rings. The van der Waals surface area contributed by atoms with Crippen molar-refractivity contribution in [1.82, 2.24) is 15.5 Å². The zero-order valence-corrected chi connectivity index (χ0v) is 11.1. The van der Waals surface area contributed by atoms with Crippen LogP contribution in [0.15, 0.2) is 0 Å². The predicted octanol–water partition coefficient (Wildman–Crippen LogP) is 1.65. The van der Waals surface area contributed by atoms with Crippen molar-refractivity contribution in [1.29, 1.82) is 0 Å². The van der Waals surface area contributed by atoms with Crippen LogP contribution in [0, 0.1) is 17.8 Å². The standard InChI is InChI=1S/C13H21N3S/c17-12-14-7-16(8-15-12)13-4-9-1-10(5-13)3-11(2-9)6-13/h9-11H,1-8H2,(H2,14,15,17). The lowest BCUT2D eigenvalue weighted by atomic mass is 9.52. The molecule has 4 heteroatoms. The molecule has 0 aromatic carbocycles. The number of hydrogen-bond acceptors (Lipinski definition) is 2. The zero-order chi connectivity index (χ0) is 11.5. The van der Waals surface area contributed by atoms with E-state index in [1.165, 1.54) is 38.5 Å². The summed E-state index contributed by atoms with van der Waals surface area (Å²) in [6, 6.07) is 0. The summed E-state index contributed by atoms with van der Waals surface area (Å²) in [6.07, 6.45) is 8.88. The molecular weight excluding hydrogens is 230 g/mol. The summed E-state index contributed by atoms with van der Waals surface area (Å²) in [6.45, 7) is 1.91. The lowest BCUT2D eigenvalue weighted by Crippen LogP contribution is -2.67. The first kappa shape index (κ1) is 10.6. The minimum atomic E-state index is 0.505. The van der Waals surface area contributed by atoms with E-state index < -0.39 is 0 Å². The van der Waals surface area contributed by atoms with E-state index in [0.29, 0.717) is 5.54 Å². The van der Waals surface area contributed by atoms with Crippen molar-refractivity contribution in [3.05, 3.63) is 0 Å². The minimum absolute atomic E-state index is 0.505. The Morgan fingerprint density at radius 1 is 0.941 bits per heavy atom. The third-order valence-electron chi connectivity index (χ3n) is 5.54. The van der Waals surface area contributed by atoms with Crippen LogP contribution in [0.1, 0.15) is 38.5 Å². The molecule has 1 heterocycles. The Kier molecular flexibility index (Phi) is 2.22. The van der Waals surface area contributed by atoms with E-state index in [1.54, 1.807) is 0 Å². The van der Waals surface area contributed by atoms with Gasteiger partial charge >= 0.3 is 0 Å². The Morgan fingerprint density at radius 3 is 1.88 bits per heavy atom. The second-order valence-corrected chi connectivity index (χ2v) is 7.09. The van der Waals surface area contributed by atoms with Gasteiger partial charge in [-0.2, -0.15) is 0 Å². The van der Waals surface area contributed by atoms with E-state index in [0.717, 1.165) is 36.2 Å². The van der Waals surface area contributed by atoms with E-state index in [4.69, 9.17) is 12.2 Å². The van der Waals surface area contributed by atoms with Crippen molar-refractivity contribution >= 4 is 17.3 Å². The van der Waals surface area contributed by atoms with Crippen LogP contribution in [-0.2, 0) is 0 Å². The van der Waals surface area contributed by atoms with E-state index in [2.05, 4.69) is 15.5 Å². The van der Waals surface area contributed by atoms with Crippen LogP contribution in [0.3, 0.4) is 0 Å². The first-order valence-corrected chi connectivity index (χ1v) is 7.41. The quantitative estimate of drug-likeness (QED) is 0.693. The van der Waals surface area contributed by atoms with Gasteiger partial charge in [-0.3, -0.25) is 4.90 Å². The predicted molar refractivity (Wildman–Crippen MR) is 71.3 cm³/mol.